The molecule has 0 radical (unpaired) electrons. The minimum Gasteiger partial charge on any atom is -0.324 e. The number of hydrogen-bond donors (Lipinski definition) is 1. The van der Waals surface area contributed by atoms with E-state index in [4.69, 9.17) is 0 Å². The molecule has 6 heteroatoms. The number of fused-ring (bicyclic) bond motifs is 1. The Hall–Kier alpha value is -2.99. The van der Waals surface area contributed by atoms with Gasteiger partial charge in [-0.3, -0.25) is 24.2 Å². The van der Waals surface area contributed by atoms with Gasteiger partial charge >= 0.3 is 0 Å². The molecular formula is C27H33N3O3. The Morgan fingerprint density at radius 3 is 2.09 bits per heavy atom. The molecule has 1 fully saturated rings. The third-order valence-corrected chi connectivity index (χ3v) is 6.64. The molecule has 2 aromatic carbocycles. The van der Waals surface area contributed by atoms with Crippen LogP contribution >= 0.6 is 0 Å². The van der Waals surface area contributed by atoms with Crippen molar-refractivity contribution in [3.63, 3.8) is 0 Å². The molecule has 1 N–H and O–H groups in total. The summed E-state index contributed by atoms with van der Waals surface area (Å²) < 4.78 is 0. The Morgan fingerprint density at radius 2 is 1.55 bits per heavy atom. The fraction of sp³-hybridized carbons (Fsp3) is 0.444. The fourth-order valence-electron chi connectivity index (χ4n) is 4.66. The number of nitrogens with zero attached hydrogens (tertiary/aromatic N) is 2. The molecule has 3 amide bonds. The summed E-state index contributed by atoms with van der Waals surface area (Å²) in [5.41, 5.74) is 2.60. The SMILES string of the molecule is CC(C)CC(C(=O)Nc1ccc(CN2CCC(C)CC2)cc1)N1C(=O)c2ccccc2C1=O. The number of nitrogens with one attached hydrogen (secondary N) is 1. The van der Waals surface area contributed by atoms with Gasteiger partial charge in [0.1, 0.15) is 6.04 Å². The van der Waals surface area contributed by atoms with Crippen LogP contribution in [-0.4, -0.2) is 46.7 Å². The first-order valence-electron chi connectivity index (χ1n) is 11.9. The van der Waals surface area contributed by atoms with Crippen molar-refractivity contribution in [3.05, 3.63) is 65.2 Å². The lowest BCUT2D eigenvalue weighted by Gasteiger charge is -2.30. The molecule has 0 saturated carbocycles. The standard InChI is InChI=1S/C27H33N3O3/c1-18(2)16-24(30-26(32)22-6-4-5-7-23(22)27(30)33)25(31)28-21-10-8-20(9-11-21)17-29-14-12-19(3)13-15-29/h4-11,18-19,24H,12-17H2,1-3H3,(H,28,31). The fourth-order valence-corrected chi connectivity index (χ4v) is 4.66. The molecule has 0 aliphatic carbocycles. The summed E-state index contributed by atoms with van der Waals surface area (Å²) in [6.07, 6.45) is 2.88. The molecule has 1 atom stereocenters. The van der Waals surface area contributed by atoms with Crippen LogP contribution in [-0.2, 0) is 11.3 Å². The van der Waals surface area contributed by atoms with Gasteiger partial charge in [0.15, 0.2) is 0 Å². The van der Waals surface area contributed by atoms with Gasteiger partial charge in [-0.15, -0.1) is 0 Å². The zero-order chi connectivity index (χ0) is 23.5. The van der Waals surface area contributed by atoms with Gasteiger partial charge in [0.2, 0.25) is 5.91 Å². The average molecular weight is 448 g/mol. The van der Waals surface area contributed by atoms with E-state index in [1.807, 2.05) is 38.1 Å². The highest BCUT2D eigenvalue weighted by atomic mass is 16.2. The van der Waals surface area contributed by atoms with Crippen LogP contribution in [0.2, 0.25) is 0 Å². The van der Waals surface area contributed by atoms with Gasteiger partial charge in [0.25, 0.3) is 11.8 Å². The molecule has 2 aliphatic rings. The monoisotopic (exact) mass is 447 g/mol. The maximum absolute atomic E-state index is 13.2. The van der Waals surface area contributed by atoms with Gasteiger partial charge in [-0.1, -0.05) is 45.0 Å². The predicted octanol–water partition coefficient (Wildman–Crippen LogP) is 4.57. The summed E-state index contributed by atoms with van der Waals surface area (Å²) >= 11 is 0. The van der Waals surface area contributed by atoms with Crippen LogP contribution < -0.4 is 5.32 Å². The smallest absolute Gasteiger partial charge is 0.262 e. The highest BCUT2D eigenvalue weighted by Gasteiger charge is 2.42. The van der Waals surface area contributed by atoms with E-state index in [0.717, 1.165) is 30.5 Å². The maximum Gasteiger partial charge on any atom is 0.262 e. The molecule has 0 bridgehead atoms. The second kappa shape index (κ2) is 9.87. The second-order valence-corrected chi connectivity index (χ2v) is 9.82. The van der Waals surface area contributed by atoms with E-state index in [9.17, 15) is 14.4 Å². The minimum atomic E-state index is -0.854. The van der Waals surface area contributed by atoms with Gasteiger partial charge in [0, 0.05) is 12.2 Å². The third-order valence-electron chi connectivity index (χ3n) is 6.64. The molecule has 174 valence electrons. The normalized spacial score (nSPS) is 18.0. The van der Waals surface area contributed by atoms with E-state index in [2.05, 4.69) is 17.1 Å². The van der Waals surface area contributed by atoms with Crippen LogP contribution in [0.1, 0.15) is 66.3 Å². The summed E-state index contributed by atoms with van der Waals surface area (Å²) in [6.45, 7) is 9.42. The molecule has 2 heterocycles. The lowest BCUT2D eigenvalue weighted by Crippen LogP contribution is -2.47. The van der Waals surface area contributed by atoms with Crippen molar-refractivity contribution in [2.75, 3.05) is 18.4 Å². The summed E-state index contributed by atoms with van der Waals surface area (Å²) in [7, 11) is 0. The van der Waals surface area contributed by atoms with Crippen molar-refractivity contribution in [1.82, 2.24) is 9.80 Å². The van der Waals surface area contributed by atoms with Crippen LogP contribution in [0, 0.1) is 11.8 Å². The zero-order valence-corrected chi connectivity index (χ0v) is 19.7. The van der Waals surface area contributed by atoms with E-state index in [1.54, 1.807) is 24.3 Å². The van der Waals surface area contributed by atoms with Crippen LogP contribution in [0.25, 0.3) is 0 Å². The Labute approximate surface area is 196 Å². The maximum atomic E-state index is 13.2. The van der Waals surface area contributed by atoms with Crippen molar-refractivity contribution in [3.8, 4) is 0 Å². The molecule has 1 unspecified atom stereocenters. The number of anilines is 1. The first kappa shape index (κ1) is 23.2. The van der Waals surface area contributed by atoms with Gasteiger partial charge in [-0.25, -0.2) is 0 Å². The predicted molar refractivity (Wildman–Crippen MR) is 129 cm³/mol. The Kier molecular flexibility index (Phi) is 6.94. The number of amides is 3. The number of piperidine rings is 1. The van der Waals surface area contributed by atoms with Crippen molar-refractivity contribution in [2.24, 2.45) is 11.8 Å². The lowest BCUT2D eigenvalue weighted by atomic mass is 9.99. The number of benzene rings is 2. The average Bonchev–Trinajstić information content (AvgIpc) is 3.05. The zero-order valence-electron chi connectivity index (χ0n) is 19.7. The van der Waals surface area contributed by atoms with Gasteiger partial charge in [0.05, 0.1) is 11.1 Å². The molecule has 0 aromatic heterocycles. The highest BCUT2D eigenvalue weighted by molar-refractivity contribution is 6.23. The summed E-state index contributed by atoms with van der Waals surface area (Å²) in [6, 6.07) is 13.8. The second-order valence-electron chi connectivity index (χ2n) is 9.82. The molecule has 0 spiro atoms. The van der Waals surface area contributed by atoms with Crippen LogP contribution in [0.15, 0.2) is 48.5 Å². The largest absolute Gasteiger partial charge is 0.324 e. The highest BCUT2D eigenvalue weighted by Crippen LogP contribution is 2.28. The van der Waals surface area contributed by atoms with Crippen molar-refractivity contribution in [2.45, 2.75) is 52.6 Å². The molecule has 6 nitrogen and oxygen atoms in total. The number of likely N-dealkylation sites (tertiary alicyclic amines) is 1. The number of carbonyl (C=O) groups is 3. The van der Waals surface area contributed by atoms with Crippen LogP contribution in [0.4, 0.5) is 5.69 Å². The van der Waals surface area contributed by atoms with E-state index >= 15 is 0 Å². The topological polar surface area (TPSA) is 69.7 Å². The number of rotatable bonds is 7. The molecular weight excluding hydrogens is 414 g/mol. The summed E-state index contributed by atoms with van der Waals surface area (Å²) in [4.78, 5) is 42.8. The Bertz CT molecular complexity index is 988. The molecule has 33 heavy (non-hydrogen) atoms. The third kappa shape index (κ3) is 5.17. The molecule has 2 aliphatic heterocycles. The summed E-state index contributed by atoms with van der Waals surface area (Å²) in [5.74, 6) is -0.194. The van der Waals surface area contributed by atoms with E-state index < -0.39 is 17.9 Å². The Balaban J connectivity index is 1.45. The number of hydrogen-bond acceptors (Lipinski definition) is 4. The van der Waals surface area contributed by atoms with E-state index in [-0.39, 0.29) is 11.8 Å². The number of carbonyl (C=O) groups excluding carboxylic acids is 3. The molecule has 4 rings (SSSR count). The molecule has 2 aromatic rings. The van der Waals surface area contributed by atoms with Gasteiger partial charge in [-0.05, 0) is 74.0 Å². The lowest BCUT2D eigenvalue weighted by molar-refractivity contribution is -0.120. The van der Waals surface area contributed by atoms with Crippen molar-refractivity contribution < 1.29 is 14.4 Å². The van der Waals surface area contributed by atoms with Gasteiger partial charge < -0.3 is 5.32 Å². The van der Waals surface area contributed by atoms with Gasteiger partial charge in [-0.2, -0.15) is 0 Å². The molecule has 1 saturated heterocycles. The van der Waals surface area contributed by atoms with Crippen molar-refractivity contribution >= 4 is 23.4 Å². The first-order valence-corrected chi connectivity index (χ1v) is 11.9. The number of imide groups is 1. The van der Waals surface area contributed by atoms with E-state index in [1.165, 1.54) is 18.4 Å². The van der Waals surface area contributed by atoms with Crippen LogP contribution in [0.5, 0.6) is 0 Å². The first-order chi connectivity index (χ1) is 15.8. The van der Waals surface area contributed by atoms with Crippen molar-refractivity contribution in [1.29, 1.82) is 0 Å². The Morgan fingerprint density at radius 1 is 0.970 bits per heavy atom. The van der Waals surface area contributed by atoms with Crippen LogP contribution in [0.3, 0.4) is 0 Å². The quantitative estimate of drug-likeness (QED) is 0.632. The van der Waals surface area contributed by atoms with E-state index in [0.29, 0.717) is 23.2 Å². The summed E-state index contributed by atoms with van der Waals surface area (Å²) in [5, 5.41) is 2.93. The minimum absolute atomic E-state index is 0.139.